The smallest absolute Gasteiger partial charge is 0.337 e. The first-order valence-electron chi connectivity index (χ1n) is 5.28. The molecule has 2 aromatic rings. The summed E-state index contributed by atoms with van der Waals surface area (Å²) in [4.78, 5) is 25.8. The number of nitrogens with zero attached hydrogens (tertiary/aromatic N) is 2. The molecule has 0 radical (unpaired) electrons. The van der Waals surface area contributed by atoms with Crippen LogP contribution in [0.25, 0.3) is 0 Å². The zero-order valence-corrected chi connectivity index (χ0v) is 12.2. The summed E-state index contributed by atoms with van der Waals surface area (Å²) in [6.45, 7) is 0. The minimum absolute atomic E-state index is 0.155. The molecule has 2 rings (SSSR count). The van der Waals surface area contributed by atoms with Crippen molar-refractivity contribution in [1.29, 1.82) is 0 Å². The van der Waals surface area contributed by atoms with E-state index in [0.29, 0.717) is 0 Å². The van der Waals surface area contributed by atoms with Gasteiger partial charge in [0.2, 0.25) is 0 Å². The Morgan fingerprint density at radius 2 is 2.00 bits per heavy atom. The second-order valence-corrected chi connectivity index (χ2v) is 5.64. The number of aromatic nitrogens is 1. The third kappa shape index (κ3) is 3.34. The summed E-state index contributed by atoms with van der Waals surface area (Å²) in [6, 6.07) is 8.19. The Bertz CT molecular complexity index is 676. The van der Waals surface area contributed by atoms with Crippen LogP contribution in [0.2, 0.25) is 0 Å². The number of nitro groups is 1. The summed E-state index contributed by atoms with van der Waals surface area (Å²) in [5.41, 5.74) is -0.533. The normalized spacial score (nSPS) is 10.2. The van der Waals surface area contributed by atoms with Crippen LogP contribution in [0, 0.1) is 10.1 Å². The number of hydrogen-bond acceptors (Lipinski definition) is 5. The minimum Gasteiger partial charge on any atom is -0.478 e. The molecule has 0 saturated heterocycles. The molecule has 0 unspecified atom stereocenters. The second-order valence-electron chi connectivity index (χ2n) is 3.67. The van der Waals surface area contributed by atoms with Gasteiger partial charge in [-0.25, -0.2) is 9.78 Å². The van der Waals surface area contributed by atoms with Gasteiger partial charge in [-0.15, -0.1) is 0 Å². The van der Waals surface area contributed by atoms with Crippen LogP contribution < -0.4 is 0 Å². The van der Waals surface area contributed by atoms with Crippen LogP contribution in [-0.4, -0.2) is 21.0 Å². The summed E-state index contributed by atoms with van der Waals surface area (Å²) in [5, 5.41) is 20.0. The van der Waals surface area contributed by atoms with Gasteiger partial charge >= 0.3 is 11.7 Å². The van der Waals surface area contributed by atoms with E-state index >= 15 is 0 Å². The summed E-state index contributed by atoms with van der Waals surface area (Å²) >= 11 is 4.40. The number of rotatable bonds is 4. The molecule has 0 aliphatic rings. The van der Waals surface area contributed by atoms with Crippen LogP contribution in [0.15, 0.2) is 50.9 Å². The molecule has 0 spiro atoms. The van der Waals surface area contributed by atoms with Gasteiger partial charge in [-0.2, -0.15) is 0 Å². The number of halogens is 1. The molecule has 0 saturated carbocycles. The van der Waals surface area contributed by atoms with Gasteiger partial charge < -0.3 is 5.11 Å². The van der Waals surface area contributed by atoms with Crippen molar-refractivity contribution in [3.63, 3.8) is 0 Å². The first kappa shape index (κ1) is 14.5. The van der Waals surface area contributed by atoms with E-state index in [-0.39, 0.29) is 16.3 Å². The number of pyridine rings is 1. The summed E-state index contributed by atoms with van der Waals surface area (Å²) in [5.74, 6) is -1.25. The molecule has 1 aromatic heterocycles. The summed E-state index contributed by atoms with van der Waals surface area (Å²) in [6.07, 6.45) is 1.11. The van der Waals surface area contributed by atoms with Crippen molar-refractivity contribution in [2.24, 2.45) is 0 Å². The molecule has 20 heavy (non-hydrogen) atoms. The van der Waals surface area contributed by atoms with Crippen molar-refractivity contribution in [3.8, 4) is 0 Å². The first-order chi connectivity index (χ1) is 9.47. The van der Waals surface area contributed by atoms with Crippen LogP contribution in [0.3, 0.4) is 0 Å². The van der Waals surface area contributed by atoms with E-state index in [1.807, 2.05) is 0 Å². The lowest BCUT2D eigenvalue weighted by Gasteiger charge is -2.03. The van der Waals surface area contributed by atoms with Gasteiger partial charge in [0.15, 0.2) is 5.03 Å². The summed E-state index contributed by atoms with van der Waals surface area (Å²) in [7, 11) is 0. The molecule has 1 N–H and O–H groups in total. The third-order valence-electron chi connectivity index (χ3n) is 2.30. The molecular weight excluding hydrogens is 348 g/mol. The Balaban J connectivity index is 2.38. The second kappa shape index (κ2) is 6.02. The molecule has 8 heteroatoms. The molecule has 0 atom stereocenters. The van der Waals surface area contributed by atoms with Gasteiger partial charge in [0.1, 0.15) is 0 Å². The lowest BCUT2D eigenvalue weighted by molar-refractivity contribution is -0.388. The lowest BCUT2D eigenvalue weighted by atomic mass is 10.3. The average molecular weight is 355 g/mol. The van der Waals surface area contributed by atoms with Crippen LogP contribution in [0.4, 0.5) is 5.69 Å². The van der Waals surface area contributed by atoms with Crippen molar-refractivity contribution in [3.05, 3.63) is 56.7 Å². The van der Waals surface area contributed by atoms with Crippen molar-refractivity contribution < 1.29 is 14.8 Å². The minimum atomic E-state index is -1.25. The largest absolute Gasteiger partial charge is 0.478 e. The fraction of sp³-hybridized carbons (Fsp3) is 0. The molecule has 6 nitrogen and oxygen atoms in total. The zero-order chi connectivity index (χ0) is 14.7. The van der Waals surface area contributed by atoms with Crippen LogP contribution in [0.5, 0.6) is 0 Å². The van der Waals surface area contributed by atoms with Gasteiger partial charge in [0.05, 0.1) is 10.5 Å². The Morgan fingerprint density at radius 3 is 2.55 bits per heavy atom. The van der Waals surface area contributed by atoms with Crippen molar-refractivity contribution >= 4 is 39.3 Å². The zero-order valence-electron chi connectivity index (χ0n) is 9.82. The Kier molecular flexibility index (Phi) is 4.35. The van der Waals surface area contributed by atoms with Crippen molar-refractivity contribution in [1.82, 2.24) is 4.98 Å². The molecule has 0 bridgehead atoms. The maximum atomic E-state index is 11.0. The number of carboxylic acid groups (broad SMARTS) is 1. The monoisotopic (exact) mass is 354 g/mol. The fourth-order valence-corrected chi connectivity index (χ4v) is 2.48. The highest BCUT2D eigenvalue weighted by Crippen LogP contribution is 2.33. The van der Waals surface area contributed by atoms with E-state index in [1.165, 1.54) is 0 Å². The summed E-state index contributed by atoms with van der Waals surface area (Å²) < 4.78 is 0.894. The first-order valence-corrected chi connectivity index (χ1v) is 6.89. The predicted octanol–water partition coefficient (Wildman–Crippen LogP) is 3.60. The molecule has 0 aliphatic heterocycles. The number of carbonyl (C=O) groups is 1. The van der Waals surface area contributed by atoms with E-state index in [1.54, 1.807) is 24.3 Å². The molecule has 0 aliphatic carbocycles. The molecular formula is C12H7BrN2O4S. The number of hydrogen-bond donors (Lipinski definition) is 1. The number of aromatic carboxylic acids is 1. The van der Waals surface area contributed by atoms with Gasteiger partial charge in [-0.3, -0.25) is 10.1 Å². The van der Waals surface area contributed by atoms with E-state index in [0.717, 1.165) is 33.4 Å². The van der Waals surface area contributed by atoms with E-state index < -0.39 is 10.9 Å². The van der Waals surface area contributed by atoms with Gasteiger partial charge in [-0.05, 0) is 24.3 Å². The third-order valence-corrected chi connectivity index (χ3v) is 3.85. The fourth-order valence-electron chi connectivity index (χ4n) is 1.38. The van der Waals surface area contributed by atoms with E-state index in [4.69, 9.17) is 5.11 Å². The van der Waals surface area contributed by atoms with Gasteiger partial charge in [0, 0.05) is 21.6 Å². The molecule has 1 heterocycles. The lowest BCUT2D eigenvalue weighted by Crippen LogP contribution is -2.01. The predicted molar refractivity (Wildman–Crippen MR) is 76.1 cm³/mol. The maximum absolute atomic E-state index is 11.0. The molecule has 102 valence electrons. The van der Waals surface area contributed by atoms with Gasteiger partial charge in [0.25, 0.3) is 0 Å². The van der Waals surface area contributed by atoms with Crippen LogP contribution in [-0.2, 0) is 0 Å². The van der Waals surface area contributed by atoms with Crippen LogP contribution >= 0.6 is 27.7 Å². The molecule has 0 amide bonds. The highest BCUT2D eigenvalue weighted by Gasteiger charge is 2.19. The Hall–Kier alpha value is -1.93. The highest BCUT2D eigenvalue weighted by atomic mass is 79.9. The van der Waals surface area contributed by atoms with Gasteiger partial charge in [-0.1, -0.05) is 27.7 Å². The van der Waals surface area contributed by atoms with E-state index in [2.05, 4.69) is 20.9 Å². The Morgan fingerprint density at radius 1 is 1.35 bits per heavy atom. The molecule has 1 aromatic carbocycles. The van der Waals surface area contributed by atoms with Crippen molar-refractivity contribution in [2.75, 3.05) is 0 Å². The quantitative estimate of drug-likeness (QED) is 0.665. The average Bonchev–Trinajstić information content (AvgIpc) is 2.41. The van der Waals surface area contributed by atoms with Crippen molar-refractivity contribution in [2.45, 2.75) is 9.92 Å². The standard InChI is InChI=1S/C12H7BrN2O4S/c13-8-1-3-9(4-2-8)20-11-10(15(18)19)5-7(6-14-11)12(16)17/h1-6H,(H,16,17). The molecule has 0 fully saturated rings. The SMILES string of the molecule is O=C(O)c1cnc(Sc2ccc(Br)cc2)c([N+](=O)[O-])c1. The van der Waals surface area contributed by atoms with Crippen LogP contribution in [0.1, 0.15) is 10.4 Å². The highest BCUT2D eigenvalue weighted by molar-refractivity contribution is 9.10. The topological polar surface area (TPSA) is 93.3 Å². The maximum Gasteiger partial charge on any atom is 0.337 e. The number of carboxylic acids is 1. The van der Waals surface area contributed by atoms with E-state index in [9.17, 15) is 14.9 Å². The Labute approximate surface area is 126 Å². The number of benzene rings is 1.